The molecule has 0 heterocycles. The summed E-state index contributed by atoms with van der Waals surface area (Å²) < 4.78 is 11.3. The molecule has 0 N–H and O–H groups in total. The summed E-state index contributed by atoms with van der Waals surface area (Å²) in [5.41, 5.74) is 1.28. The lowest BCUT2D eigenvalue weighted by atomic mass is 10.1. The molecule has 1 saturated carbocycles. The highest BCUT2D eigenvalue weighted by Gasteiger charge is 2.33. The van der Waals surface area contributed by atoms with Crippen LogP contribution < -0.4 is 4.74 Å². The normalized spacial score (nSPS) is 18.2. The molecule has 2 nitrogen and oxygen atoms in total. The highest BCUT2D eigenvalue weighted by molar-refractivity contribution is 9.09. The Balaban J connectivity index is 1.92. The highest BCUT2D eigenvalue weighted by atomic mass is 79.9. The maximum atomic E-state index is 6.11. The molecule has 3 heteroatoms. The Hall–Kier alpha value is -0.540. The topological polar surface area (TPSA) is 18.5 Å². The molecule has 0 aromatic heterocycles. The molecule has 1 aromatic rings. The summed E-state index contributed by atoms with van der Waals surface area (Å²) in [5, 5.41) is 0.941. The van der Waals surface area contributed by atoms with Crippen molar-refractivity contribution in [2.45, 2.75) is 37.9 Å². The zero-order valence-electron chi connectivity index (χ0n) is 10.2. The van der Waals surface area contributed by atoms with Gasteiger partial charge in [0.05, 0.1) is 19.3 Å². The fourth-order valence-corrected chi connectivity index (χ4v) is 3.02. The fraction of sp³-hybridized carbons (Fsp3) is 0.571. The highest BCUT2D eigenvalue weighted by Crippen LogP contribution is 2.35. The van der Waals surface area contributed by atoms with E-state index in [1.54, 1.807) is 7.11 Å². The predicted molar refractivity (Wildman–Crippen MR) is 72.8 cm³/mol. The molecule has 0 radical (unpaired) electrons. The molecular formula is C14H19BrO2. The summed E-state index contributed by atoms with van der Waals surface area (Å²) >= 11 is 3.58. The minimum Gasteiger partial charge on any atom is -0.497 e. The molecule has 0 spiro atoms. The number of hydrogen-bond donors (Lipinski definition) is 0. The van der Waals surface area contributed by atoms with Crippen molar-refractivity contribution in [1.29, 1.82) is 0 Å². The minimum absolute atomic E-state index is 0.0694. The van der Waals surface area contributed by atoms with Gasteiger partial charge in [0.1, 0.15) is 5.75 Å². The molecule has 1 aliphatic carbocycles. The Morgan fingerprint density at radius 1 is 1.18 bits per heavy atom. The van der Waals surface area contributed by atoms with E-state index in [0.717, 1.165) is 11.1 Å². The predicted octanol–water partition coefficient (Wildman–Crippen LogP) is 3.92. The Morgan fingerprint density at radius 3 is 2.35 bits per heavy atom. The molecule has 0 unspecified atom stereocenters. The molecule has 17 heavy (non-hydrogen) atoms. The number of halogens is 1. The van der Waals surface area contributed by atoms with E-state index < -0.39 is 0 Å². The van der Waals surface area contributed by atoms with Crippen molar-refractivity contribution in [3.8, 4) is 5.75 Å². The van der Waals surface area contributed by atoms with E-state index in [4.69, 9.17) is 9.47 Å². The molecule has 1 fully saturated rings. The standard InChI is InChI=1S/C14H19BrO2/c1-16-13-6-4-12(5-7-13)10-17-14(11-15)8-2-3-9-14/h4-7H,2-3,8-11H2,1H3. The van der Waals surface area contributed by atoms with Crippen molar-refractivity contribution in [3.05, 3.63) is 29.8 Å². The number of methoxy groups -OCH3 is 1. The summed E-state index contributed by atoms with van der Waals surface area (Å²) in [7, 11) is 1.68. The summed E-state index contributed by atoms with van der Waals surface area (Å²) in [5.74, 6) is 0.893. The third-order valence-corrected chi connectivity index (χ3v) is 4.48. The van der Waals surface area contributed by atoms with Gasteiger partial charge in [0, 0.05) is 5.33 Å². The van der Waals surface area contributed by atoms with Crippen LogP contribution in [0.4, 0.5) is 0 Å². The van der Waals surface area contributed by atoms with E-state index in [2.05, 4.69) is 28.1 Å². The van der Waals surface area contributed by atoms with Crippen LogP contribution in [0.3, 0.4) is 0 Å². The van der Waals surface area contributed by atoms with Crippen LogP contribution in [-0.2, 0) is 11.3 Å². The molecule has 1 aromatic carbocycles. The van der Waals surface area contributed by atoms with Gasteiger partial charge in [0.15, 0.2) is 0 Å². The van der Waals surface area contributed by atoms with Crippen molar-refractivity contribution in [2.75, 3.05) is 12.4 Å². The van der Waals surface area contributed by atoms with E-state index in [9.17, 15) is 0 Å². The smallest absolute Gasteiger partial charge is 0.118 e. The second kappa shape index (κ2) is 5.87. The number of benzene rings is 1. The van der Waals surface area contributed by atoms with Gasteiger partial charge in [0.25, 0.3) is 0 Å². The van der Waals surface area contributed by atoms with E-state index in [0.29, 0.717) is 6.61 Å². The Morgan fingerprint density at radius 2 is 1.82 bits per heavy atom. The van der Waals surface area contributed by atoms with Crippen molar-refractivity contribution < 1.29 is 9.47 Å². The Labute approximate surface area is 111 Å². The zero-order valence-corrected chi connectivity index (χ0v) is 11.8. The zero-order chi connectivity index (χ0) is 12.1. The quantitative estimate of drug-likeness (QED) is 0.767. The van der Waals surface area contributed by atoms with Crippen LogP contribution >= 0.6 is 15.9 Å². The summed E-state index contributed by atoms with van der Waals surface area (Å²) in [6, 6.07) is 8.09. The first-order valence-corrected chi connectivity index (χ1v) is 7.23. The van der Waals surface area contributed by atoms with Crippen LogP contribution in [0.25, 0.3) is 0 Å². The van der Waals surface area contributed by atoms with E-state index in [-0.39, 0.29) is 5.60 Å². The van der Waals surface area contributed by atoms with Gasteiger partial charge in [-0.1, -0.05) is 40.9 Å². The molecule has 0 bridgehead atoms. The maximum Gasteiger partial charge on any atom is 0.118 e. The number of rotatable bonds is 5. The number of ether oxygens (including phenoxy) is 2. The third kappa shape index (κ3) is 3.23. The lowest BCUT2D eigenvalue weighted by Gasteiger charge is -2.27. The van der Waals surface area contributed by atoms with Gasteiger partial charge in [-0.05, 0) is 30.5 Å². The van der Waals surface area contributed by atoms with Gasteiger partial charge < -0.3 is 9.47 Å². The summed E-state index contributed by atoms with van der Waals surface area (Å²) in [6.07, 6.45) is 4.92. The molecule has 0 amide bonds. The summed E-state index contributed by atoms with van der Waals surface area (Å²) in [6.45, 7) is 0.690. The molecule has 0 atom stereocenters. The van der Waals surface area contributed by atoms with Gasteiger partial charge in [-0.2, -0.15) is 0 Å². The van der Waals surface area contributed by atoms with Crippen LogP contribution in [0.15, 0.2) is 24.3 Å². The van der Waals surface area contributed by atoms with Gasteiger partial charge >= 0.3 is 0 Å². The Kier molecular flexibility index (Phi) is 4.46. The average Bonchev–Trinajstić information content (AvgIpc) is 2.86. The Bertz CT molecular complexity index is 342. The van der Waals surface area contributed by atoms with Crippen LogP contribution in [0.2, 0.25) is 0 Å². The summed E-state index contributed by atoms with van der Waals surface area (Å²) in [4.78, 5) is 0. The van der Waals surface area contributed by atoms with Gasteiger partial charge in [0.2, 0.25) is 0 Å². The van der Waals surface area contributed by atoms with Crippen molar-refractivity contribution >= 4 is 15.9 Å². The largest absolute Gasteiger partial charge is 0.497 e. The molecule has 1 aliphatic rings. The minimum atomic E-state index is 0.0694. The number of hydrogen-bond acceptors (Lipinski definition) is 2. The molecular weight excluding hydrogens is 280 g/mol. The second-order valence-corrected chi connectivity index (χ2v) is 5.22. The van der Waals surface area contributed by atoms with Gasteiger partial charge in [-0.15, -0.1) is 0 Å². The van der Waals surface area contributed by atoms with Gasteiger partial charge in [-0.3, -0.25) is 0 Å². The molecule has 0 saturated heterocycles. The van der Waals surface area contributed by atoms with Gasteiger partial charge in [-0.25, -0.2) is 0 Å². The third-order valence-electron chi connectivity index (χ3n) is 3.46. The number of alkyl halides is 1. The van der Waals surface area contributed by atoms with Crippen LogP contribution in [0, 0.1) is 0 Å². The average molecular weight is 299 g/mol. The monoisotopic (exact) mass is 298 g/mol. The molecule has 94 valence electrons. The van der Waals surface area contributed by atoms with E-state index in [1.807, 2.05) is 12.1 Å². The van der Waals surface area contributed by atoms with E-state index >= 15 is 0 Å². The SMILES string of the molecule is COc1ccc(COC2(CBr)CCCC2)cc1. The van der Waals surface area contributed by atoms with Crippen molar-refractivity contribution in [1.82, 2.24) is 0 Å². The van der Waals surface area contributed by atoms with Crippen LogP contribution in [0.5, 0.6) is 5.75 Å². The molecule has 2 rings (SSSR count). The fourth-order valence-electron chi connectivity index (χ4n) is 2.29. The van der Waals surface area contributed by atoms with E-state index in [1.165, 1.54) is 31.2 Å². The van der Waals surface area contributed by atoms with Crippen LogP contribution in [-0.4, -0.2) is 18.0 Å². The first-order chi connectivity index (χ1) is 8.28. The maximum absolute atomic E-state index is 6.11. The molecule has 0 aliphatic heterocycles. The van der Waals surface area contributed by atoms with Crippen molar-refractivity contribution in [2.24, 2.45) is 0 Å². The first-order valence-electron chi connectivity index (χ1n) is 6.11. The van der Waals surface area contributed by atoms with Crippen LogP contribution in [0.1, 0.15) is 31.2 Å². The first kappa shape index (κ1) is 12.9. The van der Waals surface area contributed by atoms with Crippen molar-refractivity contribution in [3.63, 3.8) is 0 Å². The second-order valence-electron chi connectivity index (χ2n) is 4.66. The lowest BCUT2D eigenvalue weighted by Crippen LogP contribution is -2.30. The lowest BCUT2D eigenvalue weighted by molar-refractivity contribution is -0.0330.